The van der Waals surface area contributed by atoms with Crippen molar-refractivity contribution in [1.82, 2.24) is 25.3 Å². The number of imide groups is 3. The van der Waals surface area contributed by atoms with Gasteiger partial charge in [-0.1, -0.05) is 77.0 Å². The summed E-state index contributed by atoms with van der Waals surface area (Å²) in [7, 11) is 9.70. The first kappa shape index (κ1) is 56.3. The number of likely N-dealkylation sites (N-methyl/N-ethyl adjacent to an activating group) is 1. The molecule has 12 nitrogen and oxygen atoms in total. The molecule has 0 saturated carbocycles. The molecule has 0 rings (SSSR count). The third-order valence-corrected chi connectivity index (χ3v) is 9.86. The Labute approximate surface area is 347 Å². The molecule has 1 unspecified atom stereocenters. The van der Waals surface area contributed by atoms with Gasteiger partial charge in [-0.15, -0.1) is 0 Å². The number of carbonyl (C=O) groups excluding carboxylic acids is 7. The number of unbranched alkanes of at least 4 members (excludes halogenated alkanes) is 16. The van der Waals surface area contributed by atoms with E-state index in [1.54, 1.807) is 27.8 Å². The number of ketones is 4. The normalized spacial score (nSPS) is 11.5. The fraction of sp³-hybridized carbons (Fsp3) is 0.844. The van der Waals surface area contributed by atoms with E-state index in [0.29, 0.717) is 45.1 Å². The standard InChI is InChI=1S/C23H43N3O4.C22H42N2O3/c1-5-24-23(30)26(22(29)18-14-15-19-25(3)4)21(28)17-13-11-9-7-6-8-10-12-16-20(2)27;1-19(25)15-11-9-7-5-6-8-10-12-16-20(26)22(23-2)21(27)17-13-14-18-24(3)4/h5-19H2,1-4H3,(H,24,30);22-23H,5-18H2,1-4H3. The monoisotopic (exact) mass is 808 g/mol. The first-order chi connectivity index (χ1) is 27.2. The molecule has 0 aliphatic rings. The average Bonchev–Trinajstić information content (AvgIpc) is 3.13. The number of amides is 4. The van der Waals surface area contributed by atoms with Gasteiger partial charge in [0.2, 0.25) is 11.8 Å². The van der Waals surface area contributed by atoms with Crippen LogP contribution in [0.25, 0.3) is 0 Å². The van der Waals surface area contributed by atoms with Gasteiger partial charge in [0, 0.05) is 45.1 Å². The minimum atomic E-state index is -0.620. The van der Waals surface area contributed by atoms with E-state index in [9.17, 15) is 33.6 Å². The summed E-state index contributed by atoms with van der Waals surface area (Å²) in [6.45, 7) is 7.28. The van der Waals surface area contributed by atoms with Gasteiger partial charge in [-0.05, 0) is 120 Å². The average molecular weight is 808 g/mol. The Morgan fingerprint density at radius 2 is 0.737 bits per heavy atom. The largest absolute Gasteiger partial charge is 0.338 e. The maximum absolute atomic E-state index is 12.5. The van der Waals surface area contributed by atoms with Crippen LogP contribution in [-0.2, 0) is 28.8 Å². The lowest BCUT2D eigenvalue weighted by atomic mass is 9.98. The molecule has 0 aliphatic carbocycles. The van der Waals surface area contributed by atoms with Crippen LogP contribution in [0.4, 0.5) is 4.79 Å². The molecular formula is C45H85N5O7. The molecule has 12 heteroatoms. The summed E-state index contributed by atoms with van der Waals surface area (Å²) in [6.07, 6.45) is 23.0. The van der Waals surface area contributed by atoms with Crippen molar-refractivity contribution in [2.24, 2.45) is 0 Å². The van der Waals surface area contributed by atoms with Gasteiger partial charge in [-0.25, -0.2) is 9.69 Å². The van der Waals surface area contributed by atoms with E-state index in [-0.39, 0.29) is 36.0 Å². The lowest BCUT2D eigenvalue weighted by Gasteiger charge is -2.19. The van der Waals surface area contributed by atoms with Crippen molar-refractivity contribution in [2.45, 2.75) is 194 Å². The van der Waals surface area contributed by atoms with Crippen LogP contribution < -0.4 is 10.6 Å². The third-order valence-electron chi connectivity index (χ3n) is 9.86. The van der Waals surface area contributed by atoms with Crippen molar-refractivity contribution in [3.8, 4) is 0 Å². The topological polar surface area (TPSA) is 153 Å². The number of rotatable bonds is 36. The molecule has 2 N–H and O–H groups in total. The molecule has 0 aromatic rings. The van der Waals surface area contributed by atoms with Gasteiger partial charge < -0.3 is 30.0 Å². The second kappa shape index (κ2) is 38.7. The van der Waals surface area contributed by atoms with E-state index in [1.807, 2.05) is 33.1 Å². The Hall–Kier alpha value is -2.83. The number of hydrogen-bond acceptors (Lipinski definition) is 10. The van der Waals surface area contributed by atoms with Crippen molar-refractivity contribution in [1.29, 1.82) is 0 Å². The maximum atomic E-state index is 12.5. The Morgan fingerprint density at radius 3 is 1.05 bits per heavy atom. The highest BCUT2D eigenvalue weighted by Gasteiger charge is 2.27. The molecule has 57 heavy (non-hydrogen) atoms. The molecular weight excluding hydrogens is 723 g/mol. The van der Waals surface area contributed by atoms with Crippen LogP contribution in [0.1, 0.15) is 188 Å². The highest BCUT2D eigenvalue weighted by Crippen LogP contribution is 2.14. The van der Waals surface area contributed by atoms with Crippen LogP contribution in [0, 0.1) is 0 Å². The Balaban J connectivity index is 0. The zero-order valence-corrected chi connectivity index (χ0v) is 37.8. The molecule has 4 amide bonds. The fourth-order valence-electron chi connectivity index (χ4n) is 6.49. The van der Waals surface area contributed by atoms with Gasteiger partial charge in [0.25, 0.3) is 0 Å². The van der Waals surface area contributed by atoms with Crippen molar-refractivity contribution in [3.63, 3.8) is 0 Å². The summed E-state index contributed by atoms with van der Waals surface area (Å²) < 4.78 is 0. The van der Waals surface area contributed by atoms with Gasteiger partial charge in [-0.3, -0.25) is 19.2 Å². The van der Waals surface area contributed by atoms with Crippen LogP contribution in [0.15, 0.2) is 0 Å². The number of nitrogens with one attached hydrogen (secondary N) is 2. The molecule has 0 aliphatic heterocycles. The fourth-order valence-corrected chi connectivity index (χ4v) is 6.49. The maximum Gasteiger partial charge on any atom is 0.331 e. The smallest absolute Gasteiger partial charge is 0.331 e. The van der Waals surface area contributed by atoms with Gasteiger partial charge in [0.1, 0.15) is 17.6 Å². The van der Waals surface area contributed by atoms with E-state index in [4.69, 9.17) is 0 Å². The Morgan fingerprint density at radius 1 is 0.439 bits per heavy atom. The molecule has 0 aromatic heterocycles. The van der Waals surface area contributed by atoms with Gasteiger partial charge in [0.15, 0.2) is 11.6 Å². The minimum absolute atomic E-state index is 0.0341. The summed E-state index contributed by atoms with van der Waals surface area (Å²) in [4.78, 5) is 88.4. The molecule has 0 saturated heterocycles. The molecule has 0 spiro atoms. The van der Waals surface area contributed by atoms with Crippen molar-refractivity contribution >= 4 is 41.0 Å². The summed E-state index contributed by atoms with van der Waals surface area (Å²) in [5, 5.41) is 5.48. The molecule has 0 radical (unpaired) electrons. The van der Waals surface area contributed by atoms with Gasteiger partial charge in [0.05, 0.1) is 0 Å². The molecule has 0 bridgehead atoms. The van der Waals surface area contributed by atoms with Crippen LogP contribution in [0.5, 0.6) is 0 Å². The molecule has 0 fully saturated rings. The van der Waals surface area contributed by atoms with E-state index < -0.39 is 23.9 Å². The van der Waals surface area contributed by atoms with Crippen LogP contribution in [-0.4, -0.2) is 117 Å². The van der Waals surface area contributed by atoms with Crippen LogP contribution >= 0.6 is 0 Å². The zero-order valence-electron chi connectivity index (χ0n) is 37.8. The van der Waals surface area contributed by atoms with E-state index in [0.717, 1.165) is 114 Å². The van der Waals surface area contributed by atoms with Crippen molar-refractivity contribution < 1.29 is 33.6 Å². The van der Waals surface area contributed by atoms with Gasteiger partial charge in [-0.2, -0.15) is 0 Å². The van der Waals surface area contributed by atoms with Gasteiger partial charge >= 0.3 is 6.03 Å². The molecule has 0 heterocycles. The summed E-state index contributed by atoms with van der Waals surface area (Å²) >= 11 is 0. The van der Waals surface area contributed by atoms with Crippen molar-refractivity contribution in [3.05, 3.63) is 0 Å². The van der Waals surface area contributed by atoms with E-state index in [1.165, 1.54) is 19.3 Å². The molecule has 0 aromatic carbocycles. The first-order valence-electron chi connectivity index (χ1n) is 22.3. The molecule has 332 valence electrons. The first-order valence-corrected chi connectivity index (χ1v) is 22.3. The summed E-state index contributed by atoms with van der Waals surface area (Å²) in [5.41, 5.74) is 0. The van der Waals surface area contributed by atoms with E-state index in [2.05, 4.69) is 15.5 Å². The predicted molar refractivity (Wildman–Crippen MR) is 232 cm³/mol. The summed E-state index contributed by atoms with van der Waals surface area (Å²) in [5.74, 6) is -0.191. The second-order valence-electron chi connectivity index (χ2n) is 16.2. The lowest BCUT2D eigenvalue weighted by Crippen LogP contribution is -2.47. The number of Topliss-reactive ketones (excluding diaryl/α,β-unsaturated/α-hetero) is 4. The SMILES string of the molecule is CCNC(=O)N(C(=O)CCCCCCCCCCC(C)=O)C(=O)CCCCN(C)C.CNC(C(=O)CCCCCCCCCCC(C)=O)C(=O)CCCCN(C)C. The Kier molecular flexibility index (Phi) is 38.2. The second-order valence-corrected chi connectivity index (χ2v) is 16.2. The highest BCUT2D eigenvalue weighted by molar-refractivity contribution is 6.10. The number of nitrogens with zero attached hydrogens (tertiary/aromatic N) is 3. The zero-order chi connectivity index (χ0) is 43.3. The van der Waals surface area contributed by atoms with Crippen LogP contribution in [0.3, 0.4) is 0 Å². The predicted octanol–water partition coefficient (Wildman–Crippen LogP) is 8.23. The van der Waals surface area contributed by atoms with Crippen LogP contribution in [0.2, 0.25) is 0 Å². The number of carbonyl (C=O) groups is 7. The number of urea groups is 1. The highest BCUT2D eigenvalue weighted by atomic mass is 16.2. The summed E-state index contributed by atoms with van der Waals surface area (Å²) in [6, 6.07) is -1.23. The minimum Gasteiger partial charge on any atom is -0.338 e. The van der Waals surface area contributed by atoms with Crippen molar-refractivity contribution in [2.75, 3.05) is 54.9 Å². The van der Waals surface area contributed by atoms with E-state index >= 15 is 0 Å². The third kappa shape index (κ3) is 36.0. The Bertz CT molecular complexity index is 1110. The molecule has 1 atom stereocenters. The quantitative estimate of drug-likeness (QED) is 0.0468. The lowest BCUT2D eigenvalue weighted by molar-refractivity contribution is -0.141. The number of hydrogen-bond donors (Lipinski definition) is 2.